The van der Waals surface area contributed by atoms with Crippen molar-refractivity contribution < 1.29 is 4.42 Å². The lowest BCUT2D eigenvalue weighted by atomic mass is 10.0. The molecule has 124 valence electrons. The molecule has 0 spiro atoms. The number of anilines is 1. The molecule has 0 aliphatic carbocycles. The first kappa shape index (κ1) is 15.0. The second kappa shape index (κ2) is 6.53. The van der Waals surface area contributed by atoms with Gasteiger partial charge < -0.3 is 15.1 Å². The van der Waals surface area contributed by atoms with Gasteiger partial charge in [-0.15, -0.1) is 0 Å². The summed E-state index contributed by atoms with van der Waals surface area (Å²) >= 11 is 0. The highest BCUT2D eigenvalue weighted by Crippen LogP contribution is 2.24. The summed E-state index contributed by atoms with van der Waals surface area (Å²) in [5.41, 5.74) is 2.27. The Morgan fingerprint density at radius 1 is 1.29 bits per heavy atom. The van der Waals surface area contributed by atoms with E-state index in [2.05, 4.69) is 50.7 Å². The molecule has 5 nitrogen and oxygen atoms in total. The van der Waals surface area contributed by atoms with E-state index in [0.717, 1.165) is 36.9 Å². The number of aryl methyl sites for hydroxylation is 1. The van der Waals surface area contributed by atoms with Gasteiger partial charge in [0, 0.05) is 31.6 Å². The zero-order valence-corrected chi connectivity index (χ0v) is 13.8. The van der Waals surface area contributed by atoms with Crippen LogP contribution in [0.1, 0.15) is 23.1 Å². The second-order valence-electron chi connectivity index (χ2n) is 6.37. The van der Waals surface area contributed by atoms with Crippen LogP contribution in [0.2, 0.25) is 0 Å². The molecule has 5 heteroatoms. The average molecular weight is 322 g/mol. The first-order valence-electron chi connectivity index (χ1n) is 8.39. The van der Waals surface area contributed by atoms with Gasteiger partial charge >= 0.3 is 0 Å². The molecule has 2 N–H and O–H groups in total. The van der Waals surface area contributed by atoms with E-state index in [1.807, 2.05) is 25.1 Å². The fraction of sp³-hybridized carbons (Fsp3) is 0.316. The number of benzene rings is 1. The summed E-state index contributed by atoms with van der Waals surface area (Å²) in [7, 11) is 0. The molecule has 2 aromatic heterocycles. The second-order valence-corrected chi connectivity index (χ2v) is 6.37. The fourth-order valence-corrected chi connectivity index (χ4v) is 3.29. The standard InChI is InChI=1S/C19H22N4O/c1-14-10-18-20-11-15(13-23(18)22-14)12-21-19(17-8-5-9-24-17)16-6-3-2-4-7-16/h2-10,15,19-21H,11-13H2,1H3/t15-,19-/m0/s1. The normalized spacial score (nSPS) is 18.0. The van der Waals surface area contributed by atoms with Crippen LogP contribution in [0, 0.1) is 12.8 Å². The van der Waals surface area contributed by atoms with Gasteiger partial charge in [0.2, 0.25) is 0 Å². The van der Waals surface area contributed by atoms with Gasteiger partial charge in [0.05, 0.1) is 18.0 Å². The Labute approximate surface area is 141 Å². The van der Waals surface area contributed by atoms with Crippen LogP contribution >= 0.6 is 0 Å². The molecule has 0 radical (unpaired) electrons. The maximum absolute atomic E-state index is 5.65. The van der Waals surface area contributed by atoms with Crippen LogP contribution in [-0.2, 0) is 6.54 Å². The zero-order chi connectivity index (χ0) is 16.4. The maximum Gasteiger partial charge on any atom is 0.125 e. The smallest absolute Gasteiger partial charge is 0.125 e. The fourth-order valence-electron chi connectivity index (χ4n) is 3.29. The third-order valence-corrected chi connectivity index (χ3v) is 4.48. The van der Waals surface area contributed by atoms with E-state index in [-0.39, 0.29) is 6.04 Å². The average Bonchev–Trinajstić information content (AvgIpc) is 3.24. The lowest BCUT2D eigenvalue weighted by Gasteiger charge is -2.27. The zero-order valence-electron chi connectivity index (χ0n) is 13.8. The highest BCUT2D eigenvalue weighted by atomic mass is 16.3. The highest BCUT2D eigenvalue weighted by molar-refractivity contribution is 5.38. The van der Waals surface area contributed by atoms with Gasteiger partial charge in [-0.05, 0) is 24.6 Å². The van der Waals surface area contributed by atoms with Gasteiger partial charge in [0.15, 0.2) is 0 Å². The molecule has 3 heterocycles. The van der Waals surface area contributed by atoms with Gasteiger partial charge in [-0.1, -0.05) is 30.3 Å². The molecule has 1 aromatic carbocycles. The predicted molar refractivity (Wildman–Crippen MR) is 93.9 cm³/mol. The van der Waals surface area contributed by atoms with E-state index >= 15 is 0 Å². The lowest BCUT2D eigenvalue weighted by Crippen LogP contribution is -2.37. The number of hydrogen-bond acceptors (Lipinski definition) is 4. The van der Waals surface area contributed by atoms with Crippen LogP contribution in [0.15, 0.2) is 59.2 Å². The predicted octanol–water partition coefficient (Wildman–Crippen LogP) is 3.21. The largest absolute Gasteiger partial charge is 0.467 e. The molecule has 1 aliphatic heterocycles. The van der Waals surface area contributed by atoms with Gasteiger partial charge in [0.25, 0.3) is 0 Å². The quantitative estimate of drug-likeness (QED) is 0.757. The van der Waals surface area contributed by atoms with Crippen molar-refractivity contribution in [2.45, 2.75) is 19.5 Å². The van der Waals surface area contributed by atoms with Crippen molar-refractivity contribution >= 4 is 5.82 Å². The first-order valence-corrected chi connectivity index (χ1v) is 8.39. The van der Waals surface area contributed by atoms with Crippen molar-refractivity contribution in [3.8, 4) is 0 Å². The third-order valence-electron chi connectivity index (χ3n) is 4.48. The van der Waals surface area contributed by atoms with Gasteiger partial charge in [0.1, 0.15) is 11.6 Å². The van der Waals surface area contributed by atoms with Crippen LogP contribution in [0.3, 0.4) is 0 Å². The summed E-state index contributed by atoms with van der Waals surface area (Å²) in [6, 6.07) is 16.6. The van der Waals surface area contributed by atoms with Gasteiger partial charge in [-0.25, -0.2) is 4.68 Å². The minimum atomic E-state index is 0.0713. The third kappa shape index (κ3) is 3.08. The Kier molecular flexibility index (Phi) is 4.09. The molecule has 3 aromatic rings. The van der Waals surface area contributed by atoms with E-state index in [4.69, 9.17) is 4.42 Å². The SMILES string of the molecule is Cc1cc2n(n1)C[C@H](CN[C@@H](c1ccccc1)c1ccco1)CN2. The number of furan rings is 1. The Morgan fingerprint density at radius 2 is 2.17 bits per heavy atom. The van der Waals surface area contributed by atoms with E-state index in [1.165, 1.54) is 5.56 Å². The number of fused-ring (bicyclic) bond motifs is 1. The van der Waals surface area contributed by atoms with Crippen molar-refractivity contribution in [2.24, 2.45) is 5.92 Å². The van der Waals surface area contributed by atoms with Crippen LogP contribution in [0.4, 0.5) is 5.82 Å². The molecular weight excluding hydrogens is 300 g/mol. The number of nitrogens with one attached hydrogen (secondary N) is 2. The van der Waals surface area contributed by atoms with E-state index in [9.17, 15) is 0 Å². The Morgan fingerprint density at radius 3 is 2.96 bits per heavy atom. The summed E-state index contributed by atoms with van der Waals surface area (Å²) < 4.78 is 7.72. The summed E-state index contributed by atoms with van der Waals surface area (Å²) in [6.07, 6.45) is 1.73. The van der Waals surface area contributed by atoms with Crippen molar-refractivity contribution in [1.82, 2.24) is 15.1 Å². The molecule has 2 atom stereocenters. The van der Waals surface area contributed by atoms with Crippen LogP contribution < -0.4 is 10.6 Å². The van der Waals surface area contributed by atoms with E-state index in [0.29, 0.717) is 5.92 Å². The summed E-state index contributed by atoms with van der Waals surface area (Å²) in [5.74, 6) is 2.55. The van der Waals surface area contributed by atoms with Gasteiger partial charge in [-0.3, -0.25) is 0 Å². The van der Waals surface area contributed by atoms with Crippen LogP contribution in [0.25, 0.3) is 0 Å². The molecule has 4 rings (SSSR count). The Balaban J connectivity index is 1.46. The van der Waals surface area contributed by atoms with E-state index < -0.39 is 0 Å². The van der Waals surface area contributed by atoms with Crippen LogP contribution in [-0.4, -0.2) is 22.9 Å². The summed E-state index contributed by atoms with van der Waals surface area (Å²) in [5, 5.41) is 11.7. The summed E-state index contributed by atoms with van der Waals surface area (Å²) in [4.78, 5) is 0. The van der Waals surface area contributed by atoms with Crippen molar-refractivity contribution in [1.29, 1.82) is 0 Å². The Bertz CT molecular complexity index is 779. The molecule has 0 fully saturated rings. The lowest BCUT2D eigenvalue weighted by molar-refractivity contribution is 0.363. The molecule has 0 bridgehead atoms. The van der Waals surface area contributed by atoms with Crippen molar-refractivity contribution in [3.05, 3.63) is 71.8 Å². The van der Waals surface area contributed by atoms with Crippen LogP contribution in [0.5, 0.6) is 0 Å². The summed E-state index contributed by atoms with van der Waals surface area (Å²) in [6.45, 7) is 4.81. The minimum absolute atomic E-state index is 0.0713. The molecule has 0 unspecified atom stereocenters. The number of aromatic nitrogens is 2. The van der Waals surface area contributed by atoms with Crippen molar-refractivity contribution in [2.75, 3.05) is 18.4 Å². The molecular formula is C19H22N4O. The molecule has 24 heavy (non-hydrogen) atoms. The molecule has 0 saturated heterocycles. The maximum atomic E-state index is 5.65. The molecule has 1 aliphatic rings. The number of nitrogens with zero attached hydrogens (tertiary/aromatic N) is 2. The number of rotatable bonds is 5. The van der Waals surface area contributed by atoms with Gasteiger partial charge in [-0.2, -0.15) is 5.10 Å². The first-order chi connectivity index (χ1) is 11.8. The topological polar surface area (TPSA) is 55.0 Å². The molecule has 0 saturated carbocycles. The monoisotopic (exact) mass is 322 g/mol. The van der Waals surface area contributed by atoms with E-state index in [1.54, 1.807) is 6.26 Å². The highest BCUT2D eigenvalue weighted by Gasteiger charge is 2.22. The molecule has 0 amide bonds. The minimum Gasteiger partial charge on any atom is -0.467 e. The van der Waals surface area contributed by atoms with Crippen molar-refractivity contribution in [3.63, 3.8) is 0 Å². The number of hydrogen-bond donors (Lipinski definition) is 2. The Hall–Kier alpha value is -2.53.